The highest BCUT2D eigenvalue weighted by Gasteiger charge is 2.22. The number of nitrogens with zero attached hydrogens (tertiary/aromatic N) is 4. The Morgan fingerprint density at radius 2 is 1.81 bits per heavy atom. The summed E-state index contributed by atoms with van der Waals surface area (Å²) in [5.41, 5.74) is 2.04. The zero-order valence-electron chi connectivity index (χ0n) is 14.6. The molecule has 0 amide bonds. The minimum Gasteiger partial charge on any atom is -0.463 e. The number of fused-ring (bicyclic) bond motifs is 1. The van der Waals surface area contributed by atoms with E-state index in [-0.39, 0.29) is 5.82 Å². The molecule has 0 saturated carbocycles. The van der Waals surface area contributed by atoms with Gasteiger partial charge in [0.15, 0.2) is 5.82 Å². The fraction of sp³-hybridized carbons (Fsp3) is 0.316. The van der Waals surface area contributed by atoms with E-state index in [1.165, 1.54) is 12.8 Å². The maximum Gasteiger partial charge on any atom is 0.376 e. The lowest BCUT2D eigenvalue weighted by Gasteiger charge is -2.24. The summed E-state index contributed by atoms with van der Waals surface area (Å²) in [6, 6.07) is 12.4. The van der Waals surface area contributed by atoms with E-state index in [1.54, 1.807) is 11.3 Å². The molecule has 0 unspecified atom stereocenters. The van der Waals surface area contributed by atoms with Crippen LogP contribution in [0.4, 0.5) is 11.5 Å². The second kappa shape index (κ2) is 7.29. The molecule has 3 aromatic rings. The van der Waals surface area contributed by atoms with Crippen LogP contribution in [0.5, 0.6) is 0 Å². The summed E-state index contributed by atoms with van der Waals surface area (Å²) in [4.78, 5) is 25.5. The number of carbonyl (C=O) groups is 1. The molecule has 4 rings (SSSR count). The molecule has 1 saturated heterocycles. The lowest BCUT2D eigenvalue weighted by atomic mass is 10.3. The first kappa shape index (κ1) is 16.8. The summed E-state index contributed by atoms with van der Waals surface area (Å²) >= 11 is 1.61. The number of anilines is 2. The van der Waals surface area contributed by atoms with Gasteiger partial charge in [0.05, 0.1) is 17.3 Å². The maximum absolute atomic E-state index is 11.9. The number of hydrogen-bond donors (Lipinski definition) is 0. The van der Waals surface area contributed by atoms with Gasteiger partial charge in [0, 0.05) is 31.9 Å². The van der Waals surface area contributed by atoms with Gasteiger partial charge in [0.2, 0.25) is 5.82 Å². The van der Waals surface area contributed by atoms with Crippen LogP contribution in [-0.2, 0) is 4.74 Å². The van der Waals surface area contributed by atoms with Gasteiger partial charge in [0.1, 0.15) is 0 Å². The van der Waals surface area contributed by atoms with Crippen molar-refractivity contribution in [3.05, 3.63) is 47.6 Å². The average molecular weight is 368 g/mol. The van der Waals surface area contributed by atoms with Gasteiger partial charge < -0.3 is 14.5 Å². The summed E-state index contributed by atoms with van der Waals surface area (Å²) in [6.07, 6.45) is 1.03. The Bertz CT molecular complexity index is 912. The molecule has 0 aliphatic carbocycles. The SMILES string of the molecule is COC(=O)c1nc(N2CCCN(c3ccccc3)CC2)c2sccc2n1. The number of carbonyl (C=O) groups excluding carboxylic acids is 1. The van der Waals surface area contributed by atoms with Crippen molar-refractivity contribution in [2.24, 2.45) is 0 Å². The molecule has 0 atom stereocenters. The number of aromatic nitrogens is 2. The Labute approximate surface area is 156 Å². The molecule has 1 aromatic carbocycles. The van der Waals surface area contributed by atoms with Crippen LogP contribution in [0.1, 0.15) is 17.0 Å². The Hall–Kier alpha value is -2.67. The van der Waals surface area contributed by atoms with E-state index in [0.29, 0.717) is 0 Å². The molecule has 0 spiro atoms. The molecule has 1 aliphatic heterocycles. The Morgan fingerprint density at radius 1 is 1.04 bits per heavy atom. The summed E-state index contributed by atoms with van der Waals surface area (Å²) in [5, 5.41) is 1.98. The first-order valence-electron chi connectivity index (χ1n) is 8.65. The molecule has 7 heteroatoms. The van der Waals surface area contributed by atoms with E-state index in [4.69, 9.17) is 4.74 Å². The first-order valence-corrected chi connectivity index (χ1v) is 9.53. The molecule has 1 aliphatic rings. The number of thiophene rings is 1. The zero-order chi connectivity index (χ0) is 17.9. The van der Waals surface area contributed by atoms with Gasteiger partial charge in [-0.15, -0.1) is 11.3 Å². The molecule has 0 radical (unpaired) electrons. The average Bonchev–Trinajstić information content (AvgIpc) is 3.03. The van der Waals surface area contributed by atoms with Crippen LogP contribution in [0, 0.1) is 0 Å². The van der Waals surface area contributed by atoms with Crippen LogP contribution >= 0.6 is 11.3 Å². The fourth-order valence-electron chi connectivity index (χ4n) is 3.27. The number of hydrogen-bond acceptors (Lipinski definition) is 7. The quantitative estimate of drug-likeness (QED) is 0.662. The molecule has 6 nitrogen and oxygen atoms in total. The van der Waals surface area contributed by atoms with E-state index in [9.17, 15) is 4.79 Å². The smallest absolute Gasteiger partial charge is 0.376 e. The third kappa shape index (κ3) is 3.22. The van der Waals surface area contributed by atoms with Crippen molar-refractivity contribution in [2.45, 2.75) is 6.42 Å². The predicted octanol–water partition coefficient (Wildman–Crippen LogP) is 3.19. The van der Waals surface area contributed by atoms with Gasteiger partial charge in [-0.2, -0.15) is 0 Å². The van der Waals surface area contributed by atoms with Crippen molar-refractivity contribution < 1.29 is 9.53 Å². The van der Waals surface area contributed by atoms with Crippen LogP contribution in [0.3, 0.4) is 0 Å². The predicted molar refractivity (Wildman–Crippen MR) is 104 cm³/mol. The standard InChI is InChI=1S/C19H20N4O2S/c1-25-19(24)17-20-15-8-13-26-16(15)18(21-17)23-10-5-9-22(11-12-23)14-6-3-2-4-7-14/h2-4,6-8,13H,5,9-12H2,1H3. The van der Waals surface area contributed by atoms with E-state index < -0.39 is 5.97 Å². The number of ether oxygens (including phenoxy) is 1. The summed E-state index contributed by atoms with van der Waals surface area (Å²) in [7, 11) is 1.35. The maximum atomic E-state index is 11.9. The molecule has 134 valence electrons. The Kier molecular flexibility index (Phi) is 4.71. The zero-order valence-corrected chi connectivity index (χ0v) is 15.4. The van der Waals surface area contributed by atoms with Crippen LogP contribution < -0.4 is 9.80 Å². The highest BCUT2D eigenvalue weighted by Crippen LogP contribution is 2.30. The number of para-hydroxylation sites is 1. The largest absolute Gasteiger partial charge is 0.463 e. The van der Waals surface area contributed by atoms with Crippen LogP contribution in [-0.4, -0.2) is 49.2 Å². The summed E-state index contributed by atoms with van der Waals surface area (Å²) in [5.74, 6) is 0.456. The topological polar surface area (TPSA) is 58.6 Å². The lowest BCUT2D eigenvalue weighted by molar-refractivity contribution is 0.0587. The minimum atomic E-state index is -0.500. The Morgan fingerprint density at radius 3 is 2.62 bits per heavy atom. The van der Waals surface area contributed by atoms with Gasteiger partial charge in [-0.25, -0.2) is 14.8 Å². The minimum absolute atomic E-state index is 0.123. The van der Waals surface area contributed by atoms with E-state index in [2.05, 4.69) is 44.0 Å². The van der Waals surface area contributed by atoms with E-state index >= 15 is 0 Å². The molecule has 26 heavy (non-hydrogen) atoms. The molecule has 0 N–H and O–H groups in total. The second-order valence-electron chi connectivity index (χ2n) is 6.16. The van der Waals surface area contributed by atoms with Crippen LogP contribution in [0.15, 0.2) is 41.8 Å². The molecular weight excluding hydrogens is 348 g/mol. The number of rotatable bonds is 3. The van der Waals surface area contributed by atoms with Crippen molar-refractivity contribution in [3.8, 4) is 0 Å². The molecule has 2 aromatic heterocycles. The third-order valence-electron chi connectivity index (χ3n) is 4.57. The van der Waals surface area contributed by atoms with Gasteiger partial charge >= 0.3 is 5.97 Å². The molecule has 0 bridgehead atoms. The summed E-state index contributed by atoms with van der Waals surface area (Å²) < 4.78 is 5.84. The highest BCUT2D eigenvalue weighted by atomic mass is 32.1. The lowest BCUT2D eigenvalue weighted by Crippen LogP contribution is -2.31. The normalized spacial score (nSPS) is 15.1. The number of benzene rings is 1. The Balaban J connectivity index is 1.63. The first-order chi connectivity index (χ1) is 12.8. The van der Waals surface area contributed by atoms with Crippen molar-refractivity contribution >= 4 is 39.0 Å². The van der Waals surface area contributed by atoms with E-state index in [1.807, 2.05) is 17.5 Å². The van der Waals surface area contributed by atoms with Crippen molar-refractivity contribution in [2.75, 3.05) is 43.1 Å². The van der Waals surface area contributed by atoms with Crippen molar-refractivity contribution in [3.63, 3.8) is 0 Å². The third-order valence-corrected chi connectivity index (χ3v) is 5.47. The summed E-state index contributed by atoms with van der Waals surface area (Å²) in [6.45, 7) is 3.66. The van der Waals surface area contributed by atoms with Crippen molar-refractivity contribution in [1.82, 2.24) is 9.97 Å². The van der Waals surface area contributed by atoms with Crippen LogP contribution in [0.2, 0.25) is 0 Å². The monoisotopic (exact) mass is 368 g/mol. The van der Waals surface area contributed by atoms with Crippen LogP contribution in [0.25, 0.3) is 10.2 Å². The number of esters is 1. The van der Waals surface area contributed by atoms with Gasteiger partial charge in [-0.3, -0.25) is 0 Å². The van der Waals surface area contributed by atoms with Crippen molar-refractivity contribution in [1.29, 1.82) is 0 Å². The number of methoxy groups -OCH3 is 1. The highest BCUT2D eigenvalue weighted by molar-refractivity contribution is 7.17. The second-order valence-corrected chi connectivity index (χ2v) is 7.08. The van der Waals surface area contributed by atoms with E-state index in [0.717, 1.165) is 48.6 Å². The fourth-order valence-corrected chi connectivity index (χ4v) is 4.12. The van der Waals surface area contributed by atoms with Gasteiger partial charge in [-0.05, 0) is 30.0 Å². The van der Waals surface area contributed by atoms with Gasteiger partial charge in [-0.1, -0.05) is 18.2 Å². The molecule has 1 fully saturated rings. The van der Waals surface area contributed by atoms with Gasteiger partial charge in [0.25, 0.3) is 0 Å². The molecule has 3 heterocycles. The molecular formula is C19H20N4O2S.